The summed E-state index contributed by atoms with van der Waals surface area (Å²) in [6.45, 7) is 1.52. The highest BCUT2D eigenvalue weighted by Crippen LogP contribution is 2.27. The van der Waals surface area contributed by atoms with E-state index in [1.807, 2.05) is 18.2 Å². The minimum Gasteiger partial charge on any atom is -0.354 e. The van der Waals surface area contributed by atoms with Crippen molar-refractivity contribution < 1.29 is 9.18 Å². The summed E-state index contributed by atoms with van der Waals surface area (Å²) >= 11 is 0. The molecule has 3 aromatic rings. The molecular weight excluding hydrogens is 267 g/mol. The monoisotopic (exact) mass is 280 g/mol. The minimum absolute atomic E-state index is 0.0253. The Labute approximate surface area is 121 Å². The number of para-hydroxylation sites is 1. The predicted octanol–water partition coefficient (Wildman–Crippen LogP) is 4.32. The second-order valence-corrected chi connectivity index (χ2v) is 4.75. The maximum atomic E-state index is 13.5. The maximum absolute atomic E-state index is 13.5. The zero-order chi connectivity index (χ0) is 14.8. The van der Waals surface area contributed by atoms with E-state index >= 15 is 0 Å². The molecule has 0 aliphatic rings. The van der Waals surface area contributed by atoms with Crippen LogP contribution in [0, 0.1) is 5.82 Å². The van der Waals surface area contributed by atoms with Gasteiger partial charge in [0.15, 0.2) is 5.78 Å². The van der Waals surface area contributed by atoms with Gasteiger partial charge in [0, 0.05) is 28.5 Å². The topological polar surface area (TPSA) is 42.0 Å². The molecule has 0 aliphatic carbocycles. The average Bonchev–Trinajstić information content (AvgIpc) is 2.48. The zero-order valence-electron chi connectivity index (χ0n) is 11.4. The van der Waals surface area contributed by atoms with Crippen molar-refractivity contribution in [3.05, 3.63) is 66.1 Å². The van der Waals surface area contributed by atoms with Crippen LogP contribution in [0.3, 0.4) is 0 Å². The number of rotatable bonds is 3. The van der Waals surface area contributed by atoms with Gasteiger partial charge in [-0.15, -0.1) is 0 Å². The van der Waals surface area contributed by atoms with Crippen molar-refractivity contribution in [1.29, 1.82) is 0 Å². The van der Waals surface area contributed by atoms with E-state index in [4.69, 9.17) is 0 Å². The van der Waals surface area contributed by atoms with Gasteiger partial charge in [-0.25, -0.2) is 4.39 Å². The maximum Gasteiger partial charge on any atom is 0.161 e. The molecule has 3 nitrogen and oxygen atoms in total. The first-order valence-electron chi connectivity index (χ1n) is 6.56. The Morgan fingerprint density at radius 3 is 2.71 bits per heavy atom. The number of nitrogens with one attached hydrogen (secondary N) is 1. The fourth-order valence-corrected chi connectivity index (χ4v) is 2.27. The van der Waals surface area contributed by atoms with Crippen LogP contribution >= 0.6 is 0 Å². The molecule has 0 unspecified atom stereocenters. The van der Waals surface area contributed by atoms with Crippen molar-refractivity contribution >= 4 is 28.1 Å². The summed E-state index contributed by atoms with van der Waals surface area (Å²) in [7, 11) is 0. The Bertz CT molecular complexity index is 830. The van der Waals surface area contributed by atoms with E-state index < -0.39 is 0 Å². The normalized spacial score (nSPS) is 10.6. The van der Waals surface area contributed by atoms with Crippen molar-refractivity contribution in [1.82, 2.24) is 4.98 Å². The molecule has 4 heteroatoms. The van der Waals surface area contributed by atoms with Crippen LogP contribution in [0.25, 0.3) is 10.9 Å². The van der Waals surface area contributed by atoms with Gasteiger partial charge in [0.1, 0.15) is 5.82 Å². The van der Waals surface area contributed by atoms with Crippen LogP contribution in [0.1, 0.15) is 17.3 Å². The number of anilines is 2. The van der Waals surface area contributed by atoms with Crippen molar-refractivity contribution in [2.45, 2.75) is 6.92 Å². The van der Waals surface area contributed by atoms with Crippen molar-refractivity contribution in [3.63, 3.8) is 0 Å². The molecule has 0 aliphatic heterocycles. The fraction of sp³-hybridized carbons (Fsp3) is 0.0588. The summed E-state index contributed by atoms with van der Waals surface area (Å²) in [5.41, 5.74) is 2.70. The van der Waals surface area contributed by atoms with Crippen LogP contribution in [0.15, 0.2) is 54.7 Å². The van der Waals surface area contributed by atoms with Gasteiger partial charge in [-0.1, -0.05) is 12.1 Å². The zero-order valence-corrected chi connectivity index (χ0v) is 11.4. The van der Waals surface area contributed by atoms with E-state index in [9.17, 15) is 9.18 Å². The van der Waals surface area contributed by atoms with Crippen molar-refractivity contribution in [3.8, 4) is 0 Å². The highest BCUT2D eigenvalue weighted by molar-refractivity contribution is 6.01. The SMILES string of the molecule is CC(=O)c1ccccc1Nc1ccnc2ccc(F)cc12. The number of fused-ring (bicyclic) bond motifs is 1. The van der Waals surface area contributed by atoms with Crippen LogP contribution in [0.4, 0.5) is 15.8 Å². The van der Waals surface area contributed by atoms with E-state index in [0.717, 1.165) is 0 Å². The van der Waals surface area contributed by atoms with Gasteiger partial charge in [-0.3, -0.25) is 9.78 Å². The third-order valence-corrected chi connectivity index (χ3v) is 3.28. The number of hydrogen-bond acceptors (Lipinski definition) is 3. The van der Waals surface area contributed by atoms with Gasteiger partial charge in [-0.05, 0) is 43.3 Å². The van der Waals surface area contributed by atoms with E-state index in [1.54, 1.807) is 24.4 Å². The first kappa shape index (κ1) is 13.2. The number of halogens is 1. The van der Waals surface area contributed by atoms with Gasteiger partial charge >= 0.3 is 0 Å². The number of nitrogens with zero attached hydrogens (tertiary/aromatic N) is 1. The summed E-state index contributed by atoms with van der Waals surface area (Å²) < 4.78 is 13.5. The third kappa shape index (κ3) is 2.60. The van der Waals surface area contributed by atoms with Gasteiger partial charge < -0.3 is 5.32 Å². The van der Waals surface area contributed by atoms with E-state index in [2.05, 4.69) is 10.3 Å². The molecule has 0 radical (unpaired) electrons. The van der Waals surface area contributed by atoms with Crippen LogP contribution < -0.4 is 5.32 Å². The fourth-order valence-electron chi connectivity index (χ4n) is 2.27. The Balaban J connectivity index is 2.11. The lowest BCUT2D eigenvalue weighted by Gasteiger charge is -2.12. The molecule has 2 aromatic carbocycles. The predicted molar refractivity (Wildman–Crippen MR) is 81.4 cm³/mol. The Kier molecular flexibility index (Phi) is 3.36. The molecule has 0 saturated carbocycles. The number of carbonyl (C=O) groups is 1. The Morgan fingerprint density at radius 1 is 1.10 bits per heavy atom. The number of ketones is 1. The number of pyridine rings is 1. The van der Waals surface area contributed by atoms with Crippen LogP contribution in [0.2, 0.25) is 0 Å². The summed E-state index contributed by atoms with van der Waals surface area (Å²) in [6, 6.07) is 13.4. The lowest BCUT2D eigenvalue weighted by atomic mass is 10.1. The molecule has 0 atom stereocenters. The largest absolute Gasteiger partial charge is 0.354 e. The molecule has 0 bridgehead atoms. The number of aromatic nitrogens is 1. The first-order valence-corrected chi connectivity index (χ1v) is 6.56. The summed E-state index contributed by atoms with van der Waals surface area (Å²) in [6.07, 6.45) is 1.65. The minimum atomic E-state index is -0.321. The molecule has 1 heterocycles. The Hall–Kier alpha value is -2.75. The summed E-state index contributed by atoms with van der Waals surface area (Å²) in [5.74, 6) is -0.346. The third-order valence-electron chi connectivity index (χ3n) is 3.28. The molecule has 0 saturated heterocycles. The Morgan fingerprint density at radius 2 is 1.90 bits per heavy atom. The first-order chi connectivity index (χ1) is 10.1. The molecule has 0 fully saturated rings. The lowest BCUT2D eigenvalue weighted by Crippen LogP contribution is -2.00. The van der Waals surface area contributed by atoms with Gasteiger partial charge in [-0.2, -0.15) is 0 Å². The van der Waals surface area contributed by atoms with E-state index in [1.165, 1.54) is 19.1 Å². The van der Waals surface area contributed by atoms with Gasteiger partial charge in [0.2, 0.25) is 0 Å². The molecule has 3 rings (SSSR count). The lowest BCUT2D eigenvalue weighted by molar-refractivity contribution is 0.101. The standard InChI is InChI=1S/C17H13FN2O/c1-11(21)13-4-2-3-5-16(13)20-17-8-9-19-15-7-6-12(18)10-14(15)17/h2-10H,1H3,(H,19,20). The van der Waals surface area contributed by atoms with Crippen LogP contribution in [-0.2, 0) is 0 Å². The summed E-state index contributed by atoms with van der Waals surface area (Å²) in [4.78, 5) is 15.9. The molecule has 1 N–H and O–H groups in total. The van der Waals surface area contributed by atoms with Crippen LogP contribution in [0.5, 0.6) is 0 Å². The second-order valence-electron chi connectivity index (χ2n) is 4.75. The molecule has 104 valence electrons. The van der Waals surface area contributed by atoms with Crippen molar-refractivity contribution in [2.24, 2.45) is 0 Å². The molecular formula is C17H13FN2O. The number of Topliss-reactive ketones (excluding diaryl/α,β-unsaturated/α-hetero) is 1. The molecule has 1 aromatic heterocycles. The second kappa shape index (κ2) is 5.32. The average molecular weight is 280 g/mol. The summed E-state index contributed by atoms with van der Waals surface area (Å²) in [5, 5.41) is 3.87. The van der Waals surface area contributed by atoms with Crippen LogP contribution in [-0.4, -0.2) is 10.8 Å². The smallest absolute Gasteiger partial charge is 0.161 e. The quantitative estimate of drug-likeness (QED) is 0.726. The van der Waals surface area contributed by atoms with Crippen molar-refractivity contribution in [2.75, 3.05) is 5.32 Å². The number of hydrogen-bond donors (Lipinski definition) is 1. The highest BCUT2D eigenvalue weighted by Gasteiger charge is 2.09. The molecule has 0 spiro atoms. The van der Waals surface area contributed by atoms with Gasteiger partial charge in [0.25, 0.3) is 0 Å². The van der Waals surface area contributed by atoms with Gasteiger partial charge in [0.05, 0.1) is 5.52 Å². The number of benzene rings is 2. The highest BCUT2D eigenvalue weighted by atomic mass is 19.1. The molecule has 0 amide bonds. The van der Waals surface area contributed by atoms with E-state index in [-0.39, 0.29) is 11.6 Å². The van der Waals surface area contributed by atoms with E-state index in [0.29, 0.717) is 27.8 Å². The molecule has 21 heavy (non-hydrogen) atoms. The number of carbonyl (C=O) groups excluding carboxylic acids is 1.